The Bertz CT molecular complexity index is 474. The zero-order chi connectivity index (χ0) is 14.6. The van der Waals surface area contributed by atoms with Crippen LogP contribution in [0.4, 0.5) is 0 Å². The van der Waals surface area contributed by atoms with Crippen molar-refractivity contribution in [1.82, 2.24) is 15.1 Å². The number of nitrogens with one attached hydrogen (secondary N) is 1. The van der Waals surface area contributed by atoms with Crippen LogP contribution in [0.2, 0.25) is 0 Å². The fraction of sp³-hybridized carbons (Fsp3) is 0.615. The highest BCUT2D eigenvalue weighted by atomic mass is 16.5. The molecule has 2 heterocycles. The van der Waals surface area contributed by atoms with E-state index >= 15 is 0 Å². The normalized spacial score (nSPS) is 22.8. The van der Waals surface area contributed by atoms with Gasteiger partial charge < -0.3 is 15.4 Å². The van der Waals surface area contributed by atoms with Gasteiger partial charge in [-0.15, -0.1) is 0 Å². The first kappa shape index (κ1) is 14.5. The summed E-state index contributed by atoms with van der Waals surface area (Å²) >= 11 is 0. The van der Waals surface area contributed by atoms with Gasteiger partial charge in [-0.3, -0.25) is 14.7 Å². The van der Waals surface area contributed by atoms with Crippen LogP contribution < -0.4 is 5.73 Å². The molecule has 1 unspecified atom stereocenters. The standard InChI is InChI=1S/C13H20N4O3/c1-20-13(6-3-11(14)18)5-2-8-17(9-13)12(19)10-4-7-15-16-10/h4,7H,2-3,5-6,8-9H2,1H3,(H2,14,18)(H,15,16). The van der Waals surface area contributed by atoms with Gasteiger partial charge in [-0.05, 0) is 25.3 Å². The number of hydrogen-bond donors (Lipinski definition) is 2. The molecule has 7 nitrogen and oxygen atoms in total. The summed E-state index contributed by atoms with van der Waals surface area (Å²) in [6, 6.07) is 1.65. The molecule has 1 fully saturated rings. The maximum atomic E-state index is 12.3. The van der Waals surface area contributed by atoms with Crippen LogP contribution in [0.5, 0.6) is 0 Å². The number of rotatable bonds is 5. The Labute approximate surface area is 117 Å². The third kappa shape index (κ3) is 3.16. The van der Waals surface area contributed by atoms with Crippen LogP contribution >= 0.6 is 0 Å². The average Bonchev–Trinajstić information content (AvgIpc) is 2.99. The Kier molecular flexibility index (Phi) is 4.39. The summed E-state index contributed by atoms with van der Waals surface area (Å²) in [5.74, 6) is -0.443. The quantitative estimate of drug-likeness (QED) is 0.809. The molecule has 110 valence electrons. The number of methoxy groups -OCH3 is 1. The molecule has 1 aliphatic rings. The molecule has 2 amide bonds. The Morgan fingerprint density at radius 3 is 3.00 bits per heavy atom. The van der Waals surface area contributed by atoms with Crippen LogP contribution in [0.25, 0.3) is 0 Å². The van der Waals surface area contributed by atoms with E-state index in [0.717, 1.165) is 12.8 Å². The summed E-state index contributed by atoms with van der Waals surface area (Å²) in [4.78, 5) is 25.0. The van der Waals surface area contributed by atoms with E-state index in [9.17, 15) is 9.59 Å². The molecule has 1 aromatic rings. The minimum Gasteiger partial charge on any atom is -0.376 e. The summed E-state index contributed by atoms with van der Waals surface area (Å²) in [7, 11) is 1.62. The molecule has 3 N–H and O–H groups in total. The number of H-pyrrole nitrogens is 1. The number of hydrogen-bond acceptors (Lipinski definition) is 4. The highest BCUT2D eigenvalue weighted by Gasteiger charge is 2.37. The number of carbonyl (C=O) groups is 2. The van der Waals surface area contributed by atoms with Crippen molar-refractivity contribution < 1.29 is 14.3 Å². The highest BCUT2D eigenvalue weighted by Crippen LogP contribution is 2.29. The van der Waals surface area contributed by atoms with Crippen LogP contribution in [-0.4, -0.2) is 52.7 Å². The number of amides is 2. The Morgan fingerprint density at radius 1 is 1.60 bits per heavy atom. The third-order valence-electron chi connectivity index (χ3n) is 3.82. The van der Waals surface area contributed by atoms with Gasteiger partial charge in [-0.2, -0.15) is 5.10 Å². The summed E-state index contributed by atoms with van der Waals surface area (Å²) in [6.07, 6.45) is 4.01. The van der Waals surface area contributed by atoms with Crippen molar-refractivity contribution in [3.05, 3.63) is 18.0 Å². The topological polar surface area (TPSA) is 101 Å². The van der Waals surface area contributed by atoms with Gasteiger partial charge in [-0.25, -0.2) is 0 Å². The predicted molar refractivity (Wildman–Crippen MR) is 71.9 cm³/mol. The molecule has 1 saturated heterocycles. The molecule has 0 radical (unpaired) electrons. The number of nitrogens with zero attached hydrogens (tertiary/aromatic N) is 2. The number of nitrogens with two attached hydrogens (primary N) is 1. The second-order valence-electron chi connectivity index (χ2n) is 5.15. The molecule has 0 saturated carbocycles. The van der Waals surface area contributed by atoms with Crippen LogP contribution in [0.15, 0.2) is 12.3 Å². The molecule has 7 heteroatoms. The summed E-state index contributed by atoms with van der Waals surface area (Å²) < 4.78 is 5.60. The maximum absolute atomic E-state index is 12.3. The van der Waals surface area contributed by atoms with Crippen LogP contribution in [0.1, 0.15) is 36.2 Å². The first-order valence-corrected chi connectivity index (χ1v) is 6.68. The average molecular weight is 280 g/mol. The molecular formula is C13H20N4O3. The van der Waals surface area contributed by atoms with Crippen molar-refractivity contribution in [2.45, 2.75) is 31.3 Å². The fourth-order valence-electron chi connectivity index (χ4n) is 2.64. The highest BCUT2D eigenvalue weighted by molar-refractivity contribution is 5.92. The zero-order valence-electron chi connectivity index (χ0n) is 11.6. The van der Waals surface area contributed by atoms with Crippen LogP contribution in [0.3, 0.4) is 0 Å². The lowest BCUT2D eigenvalue weighted by atomic mass is 9.87. The van der Waals surface area contributed by atoms with E-state index < -0.39 is 5.60 Å². The van der Waals surface area contributed by atoms with E-state index in [4.69, 9.17) is 10.5 Å². The predicted octanol–water partition coefficient (Wildman–Crippen LogP) is 0.296. The number of aromatic nitrogens is 2. The van der Waals surface area contributed by atoms with Gasteiger partial charge in [0.15, 0.2) is 0 Å². The van der Waals surface area contributed by atoms with E-state index in [1.54, 1.807) is 24.3 Å². The first-order valence-electron chi connectivity index (χ1n) is 6.68. The number of ether oxygens (including phenoxy) is 1. The molecule has 1 aliphatic heterocycles. The molecule has 1 atom stereocenters. The lowest BCUT2D eigenvalue weighted by Crippen LogP contribution is -2.51. The van der Waals surface area contributed by atoms with Gasteiger partial charge >= 0.3 is 0 Å². The van der Waals surface area contributed by atoms with Gasteiger partial charge in [0.1, 0.15) is 5.69 Å². The van der Waals surface area contributed by atoms with Crippen molar-refractivity contribution in [3.8, 4) is 0 Å². The monoisotopic (exact) mass is 280 g/mol. The zero-order valence-corrected chi connectivity index (χ0v) is 11.6. The molecular weight excluding hydrogens is 260 g/mol. The van der Waals surface area contributed by atoms with Crippen LogP contribution in [-0.2, 0) is 9.53 Å². The number of primary amides is 1. The summed E-state index contributed by atoms with van der Waals surface area (Å²) in [5.41, 5.74) is 5.19. The van der Waals surface area contributed by atoms with Gasteiger partial charge in [0.2, 0.25) is 5.91 Å². The molecule has 0 aromatic carbocycles. The van der Waals surface area contributed by atoms with Crippen molar-refractivity contribution >= 4 is 11.8 Å². The Balaban J connectivity index is 2.06. The number of piperidine rings is 1. The fourth-order valence-corrected chi connectivity index (χ4v) is 2.64. The SMILES string of the molecule is COC1(CCC(N)=O)CCCN(C(=O)c2ccn[nH]2)C1. The molecule has 0 bridgehead atoms. The molecule has 0 spiro atoms. The summed E-state index contributed by atoms with van der Waals surface area (Å²) in [6.45, 7) is 1.15. The van der Waals surface area contributed by atoms with Crippen molar-refractivity contribution in [2.24, 2.45) is 5.73 Å². The van der Waals surface area contributed by atoms with Crippen molar-refractivity contribution in [3.63, 3.8) is 0 Å². The third-order valence-corrected chi connectivity index (χ3v) is 3.82. The van der Waals surface area contributed by atoms with E-state index in [-0.39, 0.29) is 18.2 Å². The molecule has 2 rings (SSSR count). The minimum absolute atomic E-state index is 0.0947. The Hall–Kier alpha value is -1.89. The van der Waals surface area contributed by atoms with E-state index in [2.05, 4.69) is 10.2 Å². The van der Waals surface area contributed by atoms with Gasteiger partial charge in [0, 0.05) is 26.3 Å². The van der Waals surface area contributed by atoms with E-state index in [1.807, 2.05) is 0 Å². The smallest absolute Gasteiger partial charge is 0.271 e. The van der Waals surface area contributed by atoms with Crippen molar-refractivity contribution in [1.29, 1.82) is 0 Å². The molecule has 1 aromatic heterocycles. The molecule has 0 aliphatic carbocycles. The number of likely N-dealkylation sites (tertiary alicyclic amines) is 1. The van der Waals surface area contributed by atoms with E-state index in [1.165, 1.54) is 0 Å². The second-order valence-corrected chi connectivity index (χ2v) is 5.15. The lowest BCUT2D eigenvalue weighted by molar-refractivity contribution is -0.121. The van der Waals surface area contributed by atoms with Crippen LogP contribution in [0, 0.1) is 0 Å². The number of aromatic amines is 1. The molecule has 20 heavy (non-hydrogen) atoms. The maximum Gasteiger partial charge on any atom is 0.271 e. The summed E-state index contributed by atoms with van der Waals surface area (Å²) in [5, 5.41) is 6.46. The van der Waals surface area contributed by atoms with E-state index in [0.29, 0.717) is 25.2 Å². The van der Waals surface area contributed by atoms with Gasteiger partial charge in [0.25, 0.3) is 5.91 Å². The Morgan fingerprint density at radius 2 is 2.40 bits per heavy atom. The second kappa shape index (κ2) is 6.04. The minimum atomic E-state index is -0.483. The number of carbonyl (C=O) groups excluding carboxylic acids is 2. The van der Waals surface area contributed by atoms with Crippen molar-refractivity contribution in [2.75, 3.05) is 20.2 Å². The lowest BCUT2D eigenvalue weighted by Gasteiger charge is -2.41. The van der Waals surface area contributed by atoms with Gasteiger partial charge in [-0.1, -0.05) is 0 Å². The van der Waals surface area contributed by atoms with Gasteiger partial charge in [0.05, 0.1) is 12.1 Å². The first-order chi connectivity index (χ1) is 9.56. The largest absolute Gasteiger partial charge is 0.376 e.